The molecule has 0 radical (unpaired) electrons. The van der Waals surface area contributed by atoms with Crippen LogP contribution in [0.15, 0.2) is 53.6 Å². The topological polar surface area (TPSA) is 150 Å². The molecule has 12 heteroatoms. The van der Waals surface area contributed by atoms with E-state index in [0.717, 1.165) is 35.9 Å². The molecule has 1 unspecified atom stereocenters. The summed E-state index contributed by atoms with van der Waals surface area (Å²) >= 11 is 5.82. The Kier molecular flexibility index (Phi) is 11.4. The van der Waals surface area contributed by atoms with E-state index in [4.69, 9.17) is 21.5 Å². The SMILES string of the molecule is CC(C)NCC(O)COc1cccc2[nH]ccc12.C[C@@H]1CCC[C@H](C)N1NC(=O)c1ccc(Cl)c(S(N)(=O)=O)c1. The second kappa shape index (κ2) is 14.3. The molecule has 1 saturated heterocycles. The first-order valence-corrected chi connectivity index (χ1v) is 15.3. The van der Waals surface area contributed by atoms with Gasteiger partial charge >= 0.3 is 0 Å². The molecule has 1 aromatic heterocycles. The summed E-state index contributed by atoms with van der Waals surface area (Å²) in [6.45, 7) is 9.04. The third-order valence-electron chi connectivity index (χ3n) is 6.67. The number of fused-ring (bicyclic) bond motifs is 1. The lowest BCUT2D eigenvalue weighted by atomic mass is 10.00. The minimum atomic E-state index is -3.97. The van der Waals surface area contributed by atoms with Gasteiger partial charge in [-0.1, -0.05) is 37.9 Å². The first-order chi connectivity index (χ1) is 18.9. The molecule has 3 aromatic rings. The molecule has 1 amide bonds. The lowest BCUT2D eigenvalue weighted by molar-refractivity contribution is 0.0369. The molecule has 0 aliphatic carbocycles. The Bertz CT molecular complexity index is 1370. The second-order valence-electron chi connectivity index (χ2n) is 10.4. The summed E-state index contributed by atoms with van der Waals surface area (Å²) in [4.78, 5) is 15.2. The van der Waals surface area contributed by atoms with Crippen LogP contribution in [0.1, 0.15) is 57.3 Å². The van der Waals surface area contributed by atoms with Gasteiger partial charge in [0, 0.05) is 47.3 Å². The van der Waals surface area contributed by atoms with E-state index in [2.05, 4.69) is 15.7 Å². The number of aromatic nitrogens is 1. The van der Waals surface area contributed by atoms with E-state index in [1.165, 1.54) is 18.2 Å². The van der Waals surface area contributed by atoms with Gasteiger partial charge < -0.3 is 20.1 Å². The van der Waals surface area contributed by atoms with Crippen LogP contribution in [0.4, 0.5) is 0 Å². The Morgan fingerprint density at radius 2 is 1.90 bits per heavy atom. The van der Waals surface area contributed by atoms with Crippen molar-refractivity contribution in [1.29, 1.82) is 0 Å². The van der Waals surface area contributed by atoms with Crippen molar-refractivity contribution in [3.05, 3.63) is 59.2 Å². The molecule has 10 nitrogen and oxygen atoms in total. The minimum absolute atomic E-state index is 0.00115. The standard InChI is InChI=1S/C14H20ClN3O3S.C14H20N2O2/c1-9-4-3-5-10(2)18(9)17-14(19)11-6-7-12(15)13(8-11)22(16,20)21;1-10(2)16-8-11(17)9-18-14-5-3-4-13-12(14)6-7-15-13/h6-10H,3-5H2,1-2H3,(H,17,19)(H2,16,20,21);3-7,10-11,15-17H,8-9H2,1-2H3/t9-,10+;. The number of amides is 1. The van der Waals surface area contributed by atoms with Gasteiger partial charge in [0.05, 0.1) is 5.02 Å². The van der Waals surface area contributed by atoms with E-state index in [1.54, 1.807) is 0 Å². The van der Waals surface area contributed by atoms with E-state index in [-0.39, 0.29) is 33.5 Å². The molecule has 3 atom stereocenters. The van der Waals surface area contributed by atoms with Gasteiger partial charge in [0.25, 0.3) is 5.91 Å². The zero-order valence-corrected chi connectivity index (χ0v) is 24.9. The average Bonchev–Trinajstić information content (AvgIpc) is 3.38. The maximum atomic E-state index is 12.4. The van der Waals surface area contributed by atoms with Crippen molar-refractivity contribution in [2.45, 2.75) is 76.1 Å². The number of nitrogens with one attached hydrogen (secondary N) is 3. The van der Waals surface area contributed by atoms with Gasteiger partial charge in [-0.15, -0.1) is 0 Å². The number of aliphatic hydroxyl groups is 1. The molecule has 220 valence electrons. The number of aromatic amines is 1. The van der Waals surface area contributed by atoms with Gasteiger partial charge in [0.2, 0.25) is 10.0 Å². The van der Waals surface area contributed by atoms with Crippen molar-refractivity contribution >= 4 is 38.4 Å². The summed E-state index contributed by atoms with van der Waals surface area (Å²) in [6, 6.07) is 12.7. The number of hydrazine groups is 1. The van der Waals surface area contributed by atoms with Crippen molar-refractivity contribution in [1.82, 2.24) is 20.7 Å². The highest BCUT2D eigenvalue weighted by Gasteiger charge is 2.27. The third-order valence-corrected chi connectivity index (χ3v) is 8.06. The lowest BCUT2D eigenvalue weighted by Crippen LogP contribution is -2.54. The number of nitrogens with zero attached hydrogens (tertiary/aromatic N) is 1. The summed E-state index contributed by atoms with van der Waals surface area (Å²) in [5, 5.41) is 21.0. The van der Waals surface area contributed by atoms with Crippen LogP contribution in [0.5, 0.6) is 5.75 Å². The van der Waals surface area contributed by atoms with E-state index in [0.29, 0.717) is 19.2 Å². The Labute approximate surface area is 241 Å². The van der Waals surface area contributed by atoms with Crippen LogP contribution in [0.25, 0.3) is 10.9 Å². The maximum absolute atomic E-state index is 12.4. The molecule has 40 heavy (non-hydrogen) atoms. The van der Waals surface area contributed by atoms with Crippen molar-refractivity contribution in [2.75, 3.05) is 13.2 Å². The third kappa shape index (κ3) is 8.92. The first kappa shape index (κ1) is 31.9. The number of ether oxygens (including phenoxy) is 1. The summed E-state index contributed by atoms with van der Waals surface area (Å²) in [5.74, 6) is 0.430. The number of sulfonamides is 1. The predicted octanol–water partition coefficient (Wildman–Crippen LogP) is 3.80. The molecule has 2 aromatic carbocycles. The number of hydrogen-bond donors (Lipinski definition) is 5. The van der Waals surface area contributed by atoms with Crippen molar-refractivity contribution in [3.63, 3.8) is 0 Å². The van der Waals surface area contributed by atoms with Crippen LogP contribution in [0, 0.1) is 0 Å². The van der Waals surface area contributed by atoms with Crippen LogP contribution >= 0.6 is 11.6 Å². The van der Waals surface area contributed by atoms with Crippen LogP contribution in [-0.4, -0.2) is 66.8 Å². The summed E-state index contributed by atoms with van der Waals surface area (Å²) in [5.41, 5.74) is 4.10. The van der Waals surface area contributed by atoms with Gasteiger partial charge in [-0.3, -0.25) is 10.2 Å². The first-order valence-electron chi connectivity index (χ1n) is 13.4. The number of nitrogens with two attached hydrogens (primary N) is 1. The van der Waals surface area contributed by atoms with Crippen LogP contribution in [0.2, 0.25) is 5.02 Å². The van der Waals surface area contributed by atoms with Crippen LogP contribution < -0.4 is 20.6 Å². The summed E-state index contributed by atoms with van der Waals surface area (Å²) in [7, 11) is -3.97. The quantitative estimate of drug-likeness (QED) is 0.253. The van der Waals surface area contributed by atoms with Gasteiger partial charge in [0.15, 0.2) is 0 Å². The number of primary sulfonamides is 1. The predicted molar refractivity (Wildman–Crippen MR) is 158 cm³/mol. The van der Waals surface area contributed by atoms with E-state index in [9.17, 15) is 18.3 Å². The number of hydrogen-bond acceptors (Lipinski definition) is 7. The smallest absolute Gasteiger partial charge is 0.265 e. The van der Waals surface area contributed by atoms with Crippen molar-refractivity contribution in [3.8, 4) is 5.75 Å². The molecule has 0 saturated carbocycles. The van der Waals surface area contributed by atoms with Gasteiger partial charge in [0.1, 0.15) is 23.4 Å². The molecule has 4 rings (SSSR count). The summed E-state index contributed by atoms with van der Waals surface area (Å²) in [6.07, 6.45) is 4.53. The largest absolute Gasteiger partial charge is 0.490 e. The zero-order valence-electron chi connectivity index (χ0n) is 23.4. The van der Waals surface area contributed by atoms with E-state index >= 15 is 0 Å². The van der Waals surface area contributed by atoms with Crippen molar-refractivity contribution in [2.24, 2.45) is 5.14 Å². The van der Waals surface area contributed by atoms with Crippen LogP contribution in [-0.2, 0) is 10.0 Å². The Morgan fingerprint density at radius 3 is 2.55 bits per heavy atom. The molecule has 2 heterocycles. The highest BCUT2D eigenvalue weighted by atomic mass is 35.5. The number of benzene rings is 2. The van der Waals surface area contributed by atoms with Gasteiger partial charge in [-0.2, -0.15) is 0 Å². The number of carbonyl (C=O) groups excluding carboxylic acids is 1. The van der Waals surface area contributed by atoms with Gasteiger partial charge in [-0.25, -0.2) is 18.6 Å². The van der Waals surface area contributed by atoms with Gasteiger partial charge in [-0.05, 0) is 63.1 Å². The number of carbonyl (C=O) groups is 1. The van der Waals surface area contributed by atoms with E-state index in [1.807, 2.05) is 63.2 Å². The monoisotopic (exact) mass is 593 g/mol. The highest BCUT2D eigenvalue weighted by Crippen LogP contribution is 2.25. The minimum Gasteiger partial charge on any atom is -0.490 e. The normalized spacial score (nSPS) is 18.7. The number of H-pyrrole nitrogens is 1. The number of aliphatic hydroxyl groups excluding tert-OH is 1. The number of piperidine rings is 1. The number of halogens is 1. The van der Waals surface area contributed by atoms with Crippen LogP contribution in [0.3, 0.4) is 0 Å². The Balaban J connectivity index is 0.000000225. The molecule has 0 bridgehead atoms. The summed E-state index contributed by atoms with van der Waals surface area (Å²) < 4.78 is 28.6. The second-order valence-corrected chi connectivity index (χ2v) is 12.3. The molecule has 1 aliphatic heterocycles. The lowest BCUT2D eigenvalue weighted by Gasteiger charge is -2.38. The van der Waals surface area contributed by atoms with E-state index < -0.39 is 16.1 Å². The maximum Gasteiger partial charge on any atom is 0.265 e. The highest BCUT2D eigenvalue weighted by molar-refractivity contribution is 7.89. The fourth-order valence-corrected chi connectivity index (χ4v) is 5.56. The average molecular weight is 594 g/mol. The molecule has 0 spiro atoms. The molecular formula is C28H40ClN5O5S. The number of rotatable bonds is 9. The Hall–Kier alpha value is -2.67. The molecular weight excluding hydrogens is 554 g/mol. The fourth-order valence-electron chi connectivity index (χ4n) is 4.49. The fraction of sp³-hybridized carbons (Fsp3) is 0.464. The zero-order chi connectivity index (χ0) is 29.4. The van der Waals surface area contributed by atoms with Crippen molar-refractivity contribution < 1.29 is 23.1 Å². The Morgan fingerprint density at radius 1 is 1.20 bits per heavy atom. The molecule has 6 N–H and O–H groups in total. The molecule has 1 aliphatic rings. The molecule has 1 fully saturated rings.